The van der Waals surface area contributed by atoms with E-state index in [4.69, 9.17) is 9.47 Å². The molecule has 2 heterocycles. The van der Waals surface area contributed by atoms with Crippen LogP contribution < -0.4 is 10.1 Å². The molecule has 2 atom stereocenters. The summed E-state index contributed by atoms with van der Waals surface area (Å²) in [4.78, 5) is 4.26. The minimum absolute atomic E-state index is 0.290. The van der Waals surface area contributed by atoms with Gasteiger partial charge in [0, 0.05) is 24.8 Å². The number of nitrogens with one attached hydrogen (secondary N) is 1. The van der Waals surface area contributed by atoms with Crippen LogP contribution in [0.2, 0.25) is 0 Å². The largest absolute Gasteiger partial charge is 0.492 e. The Hall–Kier alpha value is -1.13. The highest BCUT2D eigenvalue weighted by Gasteiger charge is 2.24. The van der Waals surface area contributed by atoms with E-state index < -0.39 is 0 Å². The second-order valence-corrected chi connectivity index (χ2v) is 4.63. The molecular formula is C14H22N2O2. The number of aromatic nitrogens is 1. The summed E-state index contributed by atoms with van der Waals surface area (Å²) in [6.07, 6.45) is 6.02. The molecule has 0 saturated carbocycles. The van der Waals surface area contributed by atoms with Crippen LogP contribution in [0.15, 0.2) is 18.5 Å². The van der Waals surface area contributed by atoms with Gasteiger partial charge < -0.3 is 14.8 Å². The van der Waals surface area contributed by atoms with Crippen molar-refractivity contribution in [1.82, 2.24) is 10.3 Å². The lowest BCUT2D eigenvalue weighted by molar-refractivity contribution is 0.0401. The van der Waals surface area contributed by atoms with E-state index in [0.717, 1.165) is 25.4 Å². The summed E-state index contributed by atoms with van der Waals surface area (Å²) in [6.45, 7) is 4.37. The molecule has 4 heteroatoms. The van der Waals surface area contributed by atoms with Gasteiger partial charge in [-0.25, -0.2) is 0 Å². The molecule has 1 N–H and O–H groups in total. The normalized spacial score (nSPS) is 21.6. The van der Waals surface area contributed by atoms with Gasteiger partial charge >= 0.3 is 0 Å². The zero-order chi connectivity index (χ0) is 12.8. The van der Waals surface area contributed by atoms with E-state index in [9.17, 15) is 0 Å². The summed E-state index contributed by atoms with van der Waals surface area (Å²) in [6, 6.07) is 2.37. The minimum atomic E-state index is 0.290. The standard InChI is InChI=1S/C14H22N2O2/c1-3-18-13-7-12(8-16-9-13)14(15-2)11-5-4-6-17-10-11/h7-9,11,14-15H,3-6,10H2,1-2H3. The topological polar surface area (TPSA) is 43.4 Å². The highest BCUT2D eigenvalue weighted by Crippen LogP contribution is 2.29. The van der Waals surface area contributed by atoms with Gasteiger partial charge in [-0.15, -0.1) is 0 Å². The third-order valence-corrected chi connectivity index (χ3v) is 3.38. The van der Waals surface area contributed by atoms with E-state index in [0.29, 0.717) is 18.6 Å². The highest BCUT2D eigenvalue weighted by atomic mass is 16.5. The van der Waals surface area contributed by atoms with Crippen molar-refractivity contribution >= 4 is 0 Å². The molecule has 1 aliphatic heterocycles. The molecular weight excluding hydrogens is 228 g/mol. The smallest absolute Gasteiger partial charge is 0.137 e. The van der Waals surface area contributed by atoms with Crippen molar-refractivity contribution in [3.05, 3.63) is 24.0 Å². The quantitative estimate of drug-likeness (QED) is 0.869. The van der Waals surface area contributed by atoms with Crippen LogP contribution in [-0.2, 0) is 4.74 Å². The average molecular weight is 250 g/mol. The zero-order valence-electron chi connectivity index (χ0n) is 11.2. The molecule has 100 valence electrons. The van der Waals surface area contributed by atoms with Crippen molar-refractivity contribution in [1.29, 1.82) is 0 Å². The van der Waals surface area contributed by atoms with Gasteiger partial charge in [-0.05, 0) is 38.4 Å². The Balaban J connectivity index is 2.12. The molecule has 2 unspecified atom stereocenters. The minimum Gasteiger partial charge on any atom is -0.492 e. The van der Waals surface area contributed by atoms with E-state index in [1.54, 1.807) is 6.20 Å². The Morgan fingerprint density at radius 3 is 3.11 bits per heavy atom. The summed E-state index contributed by atoms with van der Waals surface area (Å²) < 4.78 is 11.1. The predicted molar refractivity (Wildman–Crippen MR) is 70.7 cm³/mol. The molecule has 18 heavy (non-hydrogen) atoms. The Labute approximate surface area is 109 Å². The molecule has 1 aromatic heterocycles. The number of rotatable bonds is 5. The van der Waals surface area contributed by atoms with Crippen molar-refractivity contribution in [2.75, 3.05) is 26.9 Å². The van der Waals surface area contributed by atoms with E-state index in [1.165, 1.54) is 12.0 Å². The van der Waals surface area contributed by atoms with E-state index in [2.05, 4.69) is 16.4 Å². The maximum atomic E-state index is 5.57. The van der Waals surface area contributed by atoms with Gasteiger partial charge in [-0.2, -0.15) is 0 Å². The van der Waals surface area contributed by atoms with Gasteiger partial charge in [0.2, 0.25) is 0 Å². The fourth-order valence-electron chi connectivity index (χ4n) is 2.55. The lowest BCUT2D eigenvalue weighted by Crippen LogP contribution is -2.31. The van der Waals surface area contributed by atoms with Crippen LogP contribution in [-0.4, -0.2) is 31.9 Å². The molecule has 1 fully saturated rings. The molecule has 2 rings (SSSR count). The highest BCUT2D eigenvalue weighted by molar-refractivity contribution is 5.26. The van der Waals surface area contributed by atoms with Gasteiger partial charge in [0.05, 0.1) is 19.4 Å². The number of hydrogen-bond acceptors (Lipinski definition) is 4. The molecule has 1 aromatic rings. The van der Waals surface area contributed by atoms with Crippen molar-refractivity contribution in [3.8, 4) is 5.75 Å². The van der Waals surface area contributed by atoms with Gasteiger partial charge in [-0.3, -0.25) is 4.98 Å². The molecule has 0 spiro atoms. The molecule has 1 aliphatic rings. The fraction of sp³-hybridized carbons (Fsp3) is 0.643. The van der Waals surface area contributed by atoms with Crippen molar-refractivity contribution in [2.24, 2.45) is 5.92 Å². The van der Waals surface area contributed by atoms with Gasteiger partial charge in [-0.1, -0.05) is 0 Å². The monoisotopic (exact) mass is 250 g/mol. The first-order valence-electron chi connectivity index (χ1n) is 6.68. The van der Waals surface area contributed by atoms with Crippen molar-refractivity contribution in [3.63, 3.8) is 0 Å². The third kappa shape index (κ3) is 3.21. The van der Waals surface area contributed by atoms with Crippen molar-refractivity contribution < 1.29 is 9.47 Å². The SMILES string of the molecule is CCOc1cncc(C(NC)C2CCCOC2)c1. The number of hydrogen-bond donors (Lipinski definition) is 1. The average Bonchev–Trinajstić information content (AvgIpc) is 2.42. The maximum absolute atomic E-state index is 5.57. The van der Waals surface area contributed by atoms with Crippen LogP contribution in [0, 0.1) is 5.92 Å². The predicted octanol–water partition coefficient (Wildman–Crippen LogP) is 2.17. The zero-order valence-corrected chi connectivity index (χ0v) is 11.2. The van der Waals surface area contributed by atoms with Crippen LogP contribution in [0.4, 0.5) is 0 Å². The molecule has 0 aromatic carbocycles. The summed E-state index contributed by atoms with van der Waals surface area (Å²) >= 11 is 0. The Morgan fingerprint density at radius 2 is 2.44 bits per heavy atom. The first-order chi connectivity index (χ1) is 8.85. The van der Waals surface area contributed by atoms with Crippen LogP contribution >= 0.6 is 0 Å². The second-order valence-electron chi connectivity index (χ2n) is 4.63. The van der Waals surface area contributed by atoms with E-state index >= 15 is 0 Å². The van der Waals surface area contributed by atoms with E-state index in [1.807, 2.05) is 20.2 Å². The Kier molecular flexibility index (Phi) is 4.96. The maximum Gasteiger partial charge on any atom is 0.137 e. The fourth-order valence-corrected chi connectivity index (χ4v) is 2.55. The van der Waals surface area contributed by atoms with Gasteiger partial charge in [0.25, 0.3) is 0 Å². The van der Waals surface area contributed by atoms with Gasteiger partial charge in [0.1, 0.15) is 5.75 Å². The Bertz CT molecular complexity index is 365. The molecule has 0 bridgehead atoms. The Morgan fingerprint density at radius 1 is 1.56 bits per heavy atom. The molecule has 0 amide bonds. The molecule has 0 radical (unpaired) electrons. The summed E-state index contributed by atoms with van der Waals surface area (Å²) in [5.74, 6) is 1.36. The van der Waals surface area contributed by atoms with Crippen LogP contribution in [0.3, 0.4) is 0 Å². The third-order valence-electron chi connectivity index (χ3n) is 3.38. The van der Waals surface area contributed by atoms with Crippen LogP contribution in [0.5, 0.6) is 5.75 Å². The van der Waals surface area contributed by atoms with Crippen LogP contribution in [0.25, 0.3) is 0 Å². The number of pyridine rings is 1. The lowest BCUT2D eigenvalue weighted by Gasteiger charge is -2.30. The summed E-state index contributed by atoms with van der Waals surface area (Å²) in [5.41, 5.74) is 1.18. The molecule has 4 nitrogen and oxygen atoms in total. The van der Waals surface area contributed by atoms with Crippen molar-refractivity contribution in [2.45, 2.75) is 25.8 Å². The first kappa shape index (κ1) is 13.3. The van der Waals surface area contributed by atoms with E-state index in [-0.39, 0.29) is 0 Å². The number of nitrogens with zero attached hydrogens (tertiary/aromatic N) is 1. The van der Waals surface area contributed by atoms with Gasteiger partial charge in [0.15, 0.2) is 0 Å². The van der Waals surface area contributed by atoms with Crippen LogP contribution in [0.1, 0.15) is 31.4 Å². The second kappa shape index (κ2) is 6.71. The summed E-state index contributed by atoms with van der Waals surface area (Å²) in [7, 11) is 1.99. The number of ether oxygens (including phenoxy) is 2. The molecule has 0 aliphatic carbocycles. The summed E-state index contributed by atoms with van der Waals surface area (Å²) in [5, 5.41) is 3.38. The first-order valence-corrected chi connectivity index (χ1v) is 6.68. The lowest BCUT2D eigenvalue weighted by atomic mass is 9.89. The molecule has 1 saturated heterocycles.